The second-order valence-corrected chi connectivity index (χ2v) is 15.6. The lowest BCUT2D eigenvalue weighted by atomic mass is 9.76. The standard InChI is InChI=1S/C53H38N2/c1-4-15-35(16-5-1)37-25-30-48(44(33-37)36-17-6-2-7-18-36)54(38-19-8-3-9-20-38)39-26-27-41-42-22-14-23-45-50(42)51-46(53(45)31-12-13-32-53)29-28-43-40-21-10-11-24-47(40)55(52(43)51)49(41)34-39/h1-11,14-30,33-34H,12-13,31-32H2. The van der Waals surface area contributed by atoms with Crippen LogP contribution in [0.15, 0.2) is 182 Å². The zero-order valence-electron chi connectivity index (χ0n) is 30.5. The number of aromatic nitrogens is 1. The van der Waals surface area contributed by atoms with Crippen molar-refractivity contribution < 1.29 is 0 Å². The van der Waals surface area contributed by atoms with Crippen molar-refractivity contribution >= 4 is 38.9 Å². The fourth-order valence-electron chi connectivity index (χ4n) is 10.5. The van der Waals surface area contributed by atoms with Gasteiger partial charge in [0, 0.05) is 44.3 Å². The van der Waals surface area contributed by atoms with Crippen LogP contribution in [-0.4, -0.2) is 4.57 Å². The molecular weight excluding hydrogens is 665 g/mol. The number of benzene rings is 8. The summed E-state index contributed by atoms with van der Waals surface area (Å²) in [5.41, 5.74) is 20.8. The van der Waals surface area contributed by atoms with Gasteiger partial charge in [0.1, 0.15) is 0 Å². The third-order valence-electron chi connectivity index (χ3n) is 12.9. The Balaban J connectivity index is 1.16. The normalized spacial score (nSPS) is 14.4. The highest BCUT2D eigenvalue weighted by molar-refractivity contribution is 6.19. The average Bonchev–Trinajstić information content (AvgIpc) is 3.93. The third-order valence-corrected chi connectivity index (χ3v) is 12.9. The van der Waals surface area contributed by atoms with E-state index < -0.39 is 0 Å². The zero-order valence-corrected chi connectivity index (χ0v) is 30.5. The van der Waals surface area contributed by atoms with Crippen LogP contribution in [0.25, 0.3) is 72.0 Å². The van der Waals surface area contributed by atoms with Gasteiger partial charge >= 0.3 is 0 Å². The molecule has 2 heterocycles. The molecule has 2 nitrogen and oxygen atoms in total. The Bertz CT molecular complexity index is 2970. The van der Waals surface area contributed by atoms with E-state index in [2.05, 4.69) is 191 Å². The number of rotatable bonds is 5. The maximum Gasteiger partial charge on any atom is 0.0623 e. The molecule has 0 amide bonds. The van der Waals surface area contributed by atoms with Gasteiger partial charge in [0.2, 0.25) is 0 Å². The minimum atomic E-state index is 0.109. The van der Waals surface area contributed by atoms with Crippen molar-refractivity contribution in [3.63, 3.8) is 0 Å². The fourth-order valence-corrected chi connectivity index (χ4v) is 10.5. The van der Waals surface area contributed by atoms with E-state index in [9.17, 15) is 0 Å². The van der Waals surface area contributed by atoms with Gasteiger partial charge in [-0.3, -0.25) is 0 Å². The molecule has 55 heavy (non-hydrogen) atoms. The quantitative estimate of drug-likeness (QED) is 0.173. The van der Waals surface area contributed by atoms with Gasteiger partial charge in [-0.1, -0.05) is 152 Å². The molecule has 0 N–H and O–H groups in total. The SMILES string of the molecule is c1ccc(-c2ccc(N(c3ccccc3)c3ccc4c(c3)-n3c5ccccc5c5ccc6c(c53)-c3c-4cccc3C63CCCC3)c(-c3ccccc3)c2)cc1. The fraction of sp³-hybridized carbons (Fsp3) is 0.0943. The van der Waals surface area contributed by atoms with Crippen LogP contribution < -0.4 is 4.90 Å². The first-order chi connectivity index (χ1) is 27.3. The lowest BCUT2D eigenvalue weighted by Crippen LogP contribution is -2.20. The molecule has 3 aliphatic rings. The van der Waals surface area contributed by atoms with Crippen molar-refractivity contribution in [1.82, 2.24) is 4.57 Å². The molecule has 0 saturated heterocycles. The van der Waals surface area contributed by atoms with Gasteiger partial charge in [0.15, 0.2) is 0 Å². The molecule has 2 aliphatic carbocycles. The van der Waals surface area contributed by atoms with Crippen LogP contribution >= 0.6 is 0 Å². The Labute approximate surface area is 321 Å². The highest BCUT2D eigenvalue weighted by Crippen LogP contribution is 2.62. The highest BCUT2D eigenvalue weighted by Gasteiger charge is 2.48. The van der Waals surface area contributed by atoms with E-state index in [-0.39, 0.29) is 5.41 Å². The molecule has 8 aromatic carbocycles. The minimum Gasteiger partial charge on any atom is -0.310 e. The van der Waals surface area contributed by atoms with Crippen molar-refractivity contribution in [1.29, 1.82) is 0 Å². The van der Waals surface area contributed by atoms with E-state index in [1.54, 1.807) is 0 Å². The Morgan fingerprint density at radius 3 is 1.95 bits per heavy atom. The van der Waals surface area contributed by atoms with Crippen molar-refractivity contribution in [3.05, 3.63) is 193 Å². The number of hydrogen-bond acceptors (Lipinski definition) is 1. The molecule has 1 saturated carbocycles. The van der Waals surface area contributed by atoms with Gasteiger partial charge in [0.25, 0.3) is 0 Å². The van der Waals surface area contributed by atoms with Crippen LogP contribution in [0.5, 0.6) is 0 Å². The van der Waals surface area contributed by atoms with Gasteiger partial charge in [0.05, 0.1) is 22.4 Å². The molecule has 9 aromatic rings. The van der Waals surface area contributed by atoms with Crippen LogP contribution in [0.1, 0.15) is 36.8 Å². The van der Waals surface area contributed by atoms with Crippen molar-refractivity contribution in [2.45, 2.75) is 31.1 Å². The van der Waals surface area contributed by atoms with Crippen LogP contribution in [0.2, 0.25) is 0 Å². The molecule has 1 spiro atoms. The maximum absolute atomic E-state index is 2.61. The molecule has 0 radical (unpaired) electrons. The summed E-state index contributed by atoms with van der Waals surface area (Å²) in [5.74, 6) is 0. The number of nitrogens with zero attached hydrogens (tertiary/aromatic N) is 2. The first-order valence-electron chi connectivity index (χ1n) is 19.7. The van der Waals surface area contributed by atoms with Gasteiger partial charge < -0.3 is 9.47 Å². The first-order valence-corrected chi connectivity index (χ1v) is 19.7. The molecule has 0 bridgehead atoms. The predicted molar refractivity (Wildman–Crippen MR) is 230 cm³/mol. The van der Waals surface area contributed by atoms with E-state index in [1.165, 1.54) is 109 Å². The summed E-state index contributed by atoms with van der Waals surface area (Å²) in [5, 5.41) is 2.65. The summed E-state index contributed by atoms with van der Waals surface area (Å²) in [6.07, 6.45) is 5.03. The lowest BCUT2D eigenvalue weighted by molar-refractivity contribution is 0.550. The topological polar surface area (TPSA) is 8.17 Å². The molecule has 1 fully saturated rings. The summed E-state index contributed by atoms with van der Waals surface area (Å²) >= 11 is 0. The first kappa shape index (κ1) is 30.8. The number of hydrogen-bond donors (Lipinski definition) is 0. The van der Waals surface area contributed by atoms with Crippen molar-refractivity contribution in [2.24, 2.45) is 0 Å². The van der Waals surface area contributed by atoms with E-state index >= 15 is 0 Å². The Hall–Kier alpha value is -6.64. The van der Waals surface area contributed by atoms with Crippen molar-refractivity contribution in [2.75, 3.05) is 4.90 Å². The molecule has 0 unspecified atom stereocenters. The molecule has 2 heteroatoms. The Morgan fingerprint density at radius 1 is 0.436 bits per heavy atom. The van der Waals surface area contributed by atoms with Gasteiger partial charge in [-0.25, -0.2) is 0 Å². The van der Waals surface area contributed by atoms with E-state index in [4.69, 9.17) is 0 Å². The molecule has 12 rings (SSSR count). The highest BCUT2D eigenvalue weighted by atomic mass is 15.1. The number of para-hydroxylation sites is 2. The number of anilines is 3. The van der Waals surface area contributed by atoms with Gasteiger partial charge in [-0.05, 0) is 94.3 Å². The molecule has 1 aromatic heterocycles. The van der Waals surface area contributed by atoms with E-state index in [1.807, 2.05) is 0 Å². The van der Waals surface area contributed by atoms with Gasteiger partial charge in [-0.15, -0.1) is 0 Å². The van der Waals surface area contributed by atoms with Gasteiger partial charge in [-0.2, -0.15) is 0 Å². The smallest absolute Gasteiger partial charge is 0.0623 e. The molecular formula is C53H38N2. The van der Waals surface area contributed by atoms with E-state index in [0.29, 0.717) is 0 Å². The number of fused-ring (bicyclic) bond motifs is 8. The summed E-state index contributed by atoms with van der Waals surface area (Å²) in [6, 6.07) is 67.7. The summed E-state index contributed by atoms with van der Waals surface area (Å²) in [6.45, 7) is 0. The average molecular weight is 703 g/mol. The van der Waals surface area contributed by atoms with Crippen LogP contribution in [-0.2, 0) is 5.41 Å². The molecule has 0 atom stereocenters. The summed E-state index contributed by atoms with van der Waals surface area (Å²) < 4.78 is 2.61. The second-order valence-electron chi connectivity index (χ2n) is 15.6. The lowest BCUT2D eigenvalue weighted by Gasteiger charge is -2.30. The van der Waals surface area contributed by atoms with Crippen LogP contribution in [0.4, 0.5) is 17.1 Å². The molecule has 260 valence electrons. The predicted octanol–water partition coefficient (Wildman–Crippen LogP) is 14.4. The van der Waals surface area contributed by atoms with E-state index in [0.717, 1.165) is 17.1 Å². The van der Waals surface area contributed by atoms with Crippen LogP contribution in [0.3, 0.4) is 0 Å². The third kappa shape index (κ3) is 4.31. The second kappa shape index (κ2) is 11.7. The monoisotopic (exact) mass is 702 g/mol. The summed E-state index contributed by atoms with van der Waals surface area (Å²) in [4.78, 5) is 2.46. The van der Waals surface area contributed by atoms with Crippen LogP contribution in [0, 0.1) is 0 Å². The van der Waals surface area contributed by atoms with Crippen molar-refractivity contribution in [3.8, 4) is 50.2 Å². The Morgan fingerprint density at radius 2 is 1.15 bits per heavy atom. The largest absolute Gasteiger partial charge is 0.310 e. The molecule has 1 aliphatic heterocycles. The maximum atomic E-state index is 2.61. The minimum absolute atomic E-state index is 0.109. The Kier molecular flexibility index (Phi) is 6.54. The zero-order chi connectivity index (χ0) is 36.1. The summed E-state index contributed by atoms with van der Waals surface area (Å²) in [7, 11) is 0.